The molecule has 5 nitrogen and oxygen atoms in total. The van der Waals surface area contributed by atoms with E-state index < -0.39 is 0 Å². The Morgan fingerprint density at radius 1 is 1.42 bits per heavy atom. The van der Waals surface area contributed by atoms with Crippen LogP contribution in [0.3, 0.4) is 0 Å². The molecular weight excluding hydrogens is 330 g/mol. The number of benzene rings is 1. The van der Waals surface area contributed by atoms with Crippen LogP contribution < -0.4 is 10.1 Å². The van der Waals surface area contributed by atoms with Gasteiger partial charge in [0.05, 0.1) is 11.1 Å². The van der Waals surface area contributed by atoms with Crippen molar-refractivity contribution in [2.45, 2.75) is 12.8 Å². The molecule has 1 aromatic carbocycles. The summed E-state index contributed by atoms with van der Waals surface area (Å²) in [7, 11) is 0. The first-order valence-electron chi connectivity index (χ1n) is 5.69. The van der Waals surface area contributed by atoms with Gasteiger partial charge in [0.1, 0.15) is 11.3 Å². The summed E-state index contributed by atoms with van der Waals surface area (Å²) < 4.78 is 6.48. The second kappa shape index (κ2) is 7.20. The summed E-state index contributed by atoms with van der Waals surface area (Å²) in [6.07, 6.45) is 1.04. The maximum Gasteiger partial charge on any atom is 0.226 e. The van der Waals surface area contributed by atoms with E-state index in [0.717, 1.165) is 10.2 Å². The zero-order valence-electron chi connectivity index (χ0n) is 10.0. The van der Waals surface area contributed by atoms with Gasteiger partial charge >= 0.3 is 0 Å². The third-order valence-electron chi connectivity index (χ3n) is 2.25. The van der Waals surface area contributed by atoms with Gasteiger partial charge in [-0.25, -0.2) is 0 Å². The van der Waals surface area contributed by atoms with E-state index in [0.29, 0.717) is 24.6 Å². The van der Waals surface area contributed by atoms with E-state index in [-0.39, 0.29) is 5.91 Å². The summed E-state index contributed by atoms with van der Waals surface area (Å²) in [5, 5.41) is 10.6. The molecule has 2 aromatic rings. The largest absolute Gasteiger partial charge is 0.492 e. The minimum Gasteiger partial charge on any atom is -0.492 e. The third-order valence-corrected chi connectivity index (χ3v) is 3.51. The number of hydrogen-bond acceptors (Lipinski definition) is 5. The average molecular weight is 342 g/mol. The maximum absolute atomic E-state index is 11.6. The van der Waals surface area contributed by atoms with E-state index in [4.69, 9.17) is 4.74 Å². The number of carbonyl (C=O) groups excluding carboxylic acids is 1. The molecule has 0 aliphatic carbocycles. The molecule has 19 heavy (non-hydrogen) atoms. The van der Waals surface area contributed by atoms with Crippen LogP contribution in [0.4, 0.5) is 5.13 Å². The Morgan fingerprint density at radius 2 is 2.26 bits per heavy atom. The summed E-state index contributed by atoms with van der Waals surface area (Å²) in [5.41, 5.74) is 1.58. The Kier molecular flexibility index (Phi) is 5.29. The molecule has 0 aliphatic rings. The summed E-state index contributed by atoms with van der Waals surface area (Å²) in [5.74, 6) is 0.708. The fourth-order valence-electron chi connectivity index (χ4n) is 1.39. The zero-order valence-corrected chi connectivity index (χ0v) is 12.4. The molecule has 7 heteroatoms. The molecule has 0 fully saturated rings. The number of para-hydroxylation sites is 1. The molecule has 0 radical (unpaired) electrons. The molecular formula is C12H12BrN3O2S. The van der Waals surface area contributed by atoms with Gasteiger partial charge in [-0.3, -0.25) is 4.79 Å². The van der Waals surface area contributed by atoms with Crippen LogP contribution in [0.5, 0.6) is 5.75 Å². The predicted molar refractivity (Wildman–Crippen MR) is 77.4 cm³/mol. The van der Waals surface area contributed by atoms with Crippen LogP contribution in [-0.2, 0) is 4.79 Å². The van der Waals surface area contributed by atoms with Gasteiger partial charge in [0, 0.05) is 6.42 Å². The molecule has 1 N–H and O–H groups in total. The van der Waals surface area contributed by atoms with Crippen LogP contribution >= 0.6 is 27.3 Å². The Balaban J connectivity index is 1.67. The van der Waals surface area contributed by atoms with Crippen molar-refractivity contribution in [1.82, 2.24) is 10.2 Å². The first kappa shape index (κ1) is 14.0. The van der Waals surface area contributed by atoms with Crippen molar-refractivity contribution in [3.8, 4) is 5.75 Å². The number of ether oxygens (including phenoxy) is 1. The topological polar surface area (TPSA) is 64.1 Å². The normalized spacial score (nSPS) is 10.2. The number of rotatable bonds is 6. The summed E-state index contributed by atoms with van der Waals surface area (Å²) >= 11 is 4.70. The van der Waals surface area contributed by atoms with Gasteiger partial charge in [-0.2, -0.15) is 0 Å². The lowest BCUT2D eigenvalue weighted by molar-refractivity contribution is -0.116. The van der Waals surface area contributed by atoms with Crippen molar-refractivity contribution < 1.29 is 9.53 Å². The molecule has 100 valence electrons. The smallest absolute Gasteiger partial charge is 0.226 e. The van der Waals surface area contributed by atoms with Crippen LogP contribution in [0.2, 0.25) is 0 Å². The molecule has 0 saturated heterocycles. The van der Waals surface area contributed by atoms with Gasteiger partial charge < -0.3 is 10.1 Å². The molecule has 0 saturated carbocycles. The van der Waals surface area contributed by atoms with Gasteiger partial charge in [0.25, 0.3) is 0 Å². The van der Waals surface area contributed by atoms with Crippen LogP contribution in [0, 0.1) is 0 Å². The Hall–Kier alpha value is -1.47. The van der Waals surface area contributed by atoms with Crippen molar-refractivity contribution >= 4 is 38.3 Å². The van der Waals surface area contributed by atoms with E-state index in [1.807, 2.05) is 24.3 Å². The maximum atomic E-state index is 11.6. The van der Waals surface area contributed by atoms with Crippen LogP contribution in [0.25, 0.3) is 0 Å². The molecule has 0 unspecified atom stereocenters. The Morgan fingerprint density at radius 3 is 3.00 bits per heavy atom. The monoisotopic (exact) mass is 341 g/mol. The number of amides is 1. The zero-order chi connectivity index (χ0) is 13.5. The highest BCUT2D eigenvalue weighted by Gasteiger charge is 2.05. The highest BCUT2D eigenvalue weighted by atomic mass is 79.9. The summed E-state index contributed by atoms with van der Waals surface area (Å²) in [6.45, 7) is 0.492. The highest BCUT2D eigenvalue weighted by molar-refractivity contribution is 9.10. The first-order valence-corrected chi connectivity index (χ1v) is 7.36. The SMILES string of the molecule is O=C(CCCOc1ccccc1Br)Nc1nncs1. The number of aromatic nitrogens is 2. The molecule has 1 heterocycles. The van der Waals surface area contributed by atoms with E-state index in [9.17, 15) is 4.79 Å². The number of anilines is 1. The predicted octanol–water partition coefficient (Wildman–Crippen LogP) is 3.10. The lowest BCUT2D eigenvalue weighted by atomic mass is 10.3. The number of hydrogen-bond donors (Lipinski definition) is 1. The number of nitrogens with zero attached hydrogens (tertiary/aromatic N) is 2. The van der Waals surface area contributed by atoms with Crippen molar-refractivity contribution in [3.63, 3.8) is 0 Å². The number of carbonyl (C=O) groups is 1. The fourth-order valence-corrected chi connectivity index (χ4v) is 2.25. The minimum absolute atomic E-state index is 0.0764. The fraction of sp³-hybridized carbons (Fsp3) is 0.250. The highest BCUT2D eigenvalue weighted by Crippen LogP contribution is 2.23. The third kappa shape index (κ3) is 4.60. The Labute approximate surface area is 123 Å². The molecule has 0 atom stereocenters. The van der Waals surface area contributed by atoms with Crippen molar-refractivity contribution in [2.24, 2.45) is 0 Å². The summed E-state index contributed by atoms with van der Waals surface area (Å²) in [4.78, 5) is 11.6. The molecule has 1 amide bonds. The van der Waals surface area contributed by atoms with Gasteiger partial charge in [-0.15, -0.1) is 10.2 Å². The molecule has 0 spiro atoms. The van der Waals surface area contributed by atoms with Gasteiger partial charge in [-0.05, 0) is 34.5 Å². The molecule has 1 aromatic heterocycles. The molecule has 0 bridgehead atoms. The molecule has 0 aliphatic heterocycles. The van der Waals surface area contributed by atoms with Crippen molar-refractivity contribution in [3.05, 3.63) is 34.2 Å². The molecule has 2 rings (SSSR count). The van der Waals surface area contributed by atoms with E-state index in [1.54, 1.807) is 5.51 Å². The van der Waals surface area contributed by atoms with Crippen molar-refractivity contribution in [1.29, 1.82) is 0 Å². The van der Waals surface area contributed by atoms with E-state index in [1.165, 1.54) is 11.3 Å². The van der Waals surface area contributed by atoms with E-state index in [2.05, 4.69) is 31.4 Å². The second-order valence-electron chi connectivity index (χ2n) is 3.67. The summed E-state index contributed by atoms with van der Waals surface area (Å²) in [6, 6.07) is 7.62. The first-order chi connectivity index (χ1) is 9.25. The lowest BCUT2D eigenvalue weighted by Crippen LogP contribution is -2.12. The van der Waals surface area contributed by atoms with Gasteiger partial charge in [-0.1, -0.05) is 23.5 Å². The van der Waals surface area contributed by atoms with Crippen LogP contribution in [0.1, 0.15) is 12.8 Å². The second-order valence-corrected chi connectivity index (χ2v) is 5.36. The number of nitrogens with one attached hydrogen (secondary N) is 1. The van der Waals surface area contributed by atoms with Gasteiger partial charge in [0.15, 0.2) is 0 Å². The average Bonchev–Trinajstić information content (AvgIpc) is 2.89. The minimum atomic E-state index is -0.0764. The standard InChI is InChI=1S/C12H12BrN3O2S/c13-9-4-1-2-5-10(9)18-7-3-6-11(17)15-12-16-14-8-19-12/h1-2,4-5,8H,3,6-7H2,(H,15,16,17). The Bertz CT molecular complexity index is 534. The lowest BCUT2D eigenvalue weighted by Gasteiger charge is -2.07. The van der Waals surface area contributed by atoms with E-state index >= 15 is 0 Å². The van der Waals surface area contributed by atoms with Crippen LogP contribution in [0.15, 0.2) is 34.2 Å². The quantitative estimate of drug-likeness (QED) is 0.820. The number of halogens is 1. The van der Waals surface area contributed by atoms with Crippen molar-refractivity contribution in [2.75, 3.05) is 11.9 Å². The van der Waals surface area contributed by atoms with Gasteiger partial charge in [0.2, 0.25) is 11.0 Å². The van der Waals surface area contributed by atoms with Crippen LogP contribution in [-0.4, -0.2) is 22.7 Å².